The number of hydrogen-bond donors (Lipinski definition) is 2. The fourth-order valence-electron chi connectivity index (χ4n) is 3.02. The number of nitrogens with one attached hydrogen (secondary N) is 2. The molecule has 2 aliphatic rings. The van der Waals surface area contributed by atoms with E-state index in [0.29, 0.717) is 37.4 Å². The number of rotatable bonds is 3. The van der Waals surface area contributed by atoms with E-state index in [4.69, 9.17) is 9.47 Å². The number of anilines is 1. The Labute approximate surface area is 152 Å². The highest BCUT2D eigenvalue weighted by atomic mass is 16.5. The van der Waals surface area contributed by atoms with Crippen molar-refractivity contribution < 1.29 is 19.1 Å². The SMILES string of the molecule is CCOC(=O)C1=C(C)Nc2ccccc2N=C1NC(=O)C1CCOCC1. The summed E-state index contributed by atoms with van der Waals surface area (Å²) >= 11 is 0. The maximum atomic E-state index is 12.7. The number of benzene rings is 1. The number of esters is 1. The Hall–Kier alpha value is -2.67. The van der Waals surface area contributed by atoms with Gasteiger partial charge in [0, 0.05) is 24.8 Å². The molecule has 2 aliphatic heterocycles. The van der Waals surface area contributed by atoms with E-state index in [9.17, 15) is 9.59 Å². The van der Waals surface area contributed by atoms with Crippen molar-refractivity contribution in [1.82, 2.24) is 5.32 Å². The minimum atomic E-state index is -0.517. The molecule has 7 nitrogen and oxygen atoms in total. The zero-order valence-electron chi connectivity index (χ0n) is 15.0. The predicted molar refractivity (Wildman–Crippen MR) is 98.2 cm³/mol. The van der Waals surface area contributed by atoms with Gasteiger partial charge in [-0.15, -0.1) is 0 Å². The molecule has 26 heavy (non-hydrogen) atoms. The molecule has 1 saturated heterocycles. The van der Waals surface area contributed by atoms with Crippen LogP contribution in [0.25, 0.3) is 0 Å². The van der Waals surface area contributed by atoms with Gasteiger partial charge in [0.1, 0.15) is 11.4 Å². The maximum absolute atomic E-state index is 12.7. The number of amidine groups is 1. The second kappa shape index (κ2) is 8.14. The summed E-state index contributed by atoms with van der Waals surface area (Å²) in [5, 5.41) is 6.03. The molecule has 1 fully saturated rings. The molecule has 0 saturated carbocycles. The van der Waals surface area contributed by atoms with Gasteiger partial charge in [0.05, 0.1) is 18.0 Å². The summed E-state index contributed by atoms with van der Waals surface area (Å²) in [5.41, 5.74) is 2.23. The number of carbonyl (C=O) groups excluding carboxylic acids is 2. The van der Waals surface area contributed by atoms with Gasteiger partial charge in [-0.1, -0.05) is 12.1 Å². The highest BCUT2D eigenvalue weighted by molar-refractivity contribution is 6.24. The number of nitrogens with zero attached hydrogens (tertiary/aromatic N) is 1. The molecule has 3 rings (SSSR count). The summed E-state index contributed by atoms with van der Waals surface area (Å²) in [4.78, 5) is 29.7. The molecule has 2 N–H and O–H groups in total. The molecular formula is C19H23N3O4. The van der Waals surface area contributed by atoms with Gasteiger partial charge >= 0.3 is 5.97 Å². The van der Waals surface area contributed by atoms with E-state index in [-0.39, 0.29) is 29.8 Å². The summed E-state index contributed by atoms with van der Waals surface area (Å²) in [6.07, 6.45) is 1.32. The topological polar surface area (TPSA) is 89.0 Å². The summed E-state index contributed by atoms with van der Waals surface area (Å²) in [6, 6.07) is 7.43. The summed E-state index contributed by atoms with van der Waals surface area (Å²) in [6.45, 7) is 4.88. The lowest BCUT2D eigenvalue weighted by Gasteiger charge is -2.22. The van der Waals surface area contributed by atoms with Crippen LogP contribution in [0.15, 0.2) is 40.5 Å². The molecular weight excluding hydrogens is 334 g/mol. The van der Waals surface area contributed by atoms with Crippen LogP contribution in [0.3, 0.4) is 0 Å². The zero-order chi connectivity index (χ0) is 18.5. The Bertz CT molecular complexity index is 764. The van der Waals surface area contributed by atoms with Gasteiger partial charge in [-0.2, -0.15) is 0 Å². The van der Waals surface area contributed by atoms with Crippen molar-refractivity contribution in [2.24, 2.45) is 10.9 Å². The van der Waals surface area contributed by atoms with Gasteiger partial charge in [-0.3, -0.25) is 4.79 Å². The van der Waals surface area contributed by atoms with Gasteiger partial charge in [-0.25, -0.2) is 9.79 Å². The number of hydrogen-bond acceptors (Lipinski definition) is 6. The number of allylic oxidation sites excluding steroid dienone is 1. The summed E-state index contributed by atoms with van der Waals surface area (Å²) in [5.74, 6) is -0.603. The lowest BCUT2D eigenvalue weighted by Crippen LogP contribution is -2.40. The van der Waals surface area contributed by atoms with E-state index in [1.165, 1.54) is 0 Å². The minimum absolute atomic E-state index is 0.151. The molecule has 1 amide bonds. The Morgan fingerprint density at radius 3 is 2.77 bits per heavy atom. The Morgan fingerprint density at radius 2 is 2.04 bits per heavy atom. The molecule has 0 unspecified atom stereocenters. The summed E-state index contributed by atoms with van der Waals surface area (Å²) in [7, 11) is 0. The third-order valence-corrected chi connectivity index (χ3v) is 4.38. The first kappa shape index (κ1) is 18.1. The third kappa shape index (κ3) is 3.94. The van der Waals surface area contributed by atoms with Crippen LogP contribution in [0.5, 0.6) is 0 Å². The van der Waals surface area contributed by atoms with Gasteiger partial charge in [0.2, 0.25) is 5.91 Å². The molecule has 138 valence electrons. The molecule has 0 spiro atoms. The van der Waals surface area contributed by atoms with Crippen LogP contribution in [0.2, 0.25) is 0 Å². The number of fused-ring (bicyclic) bond motifs is 1. The minimum Gasteiger partial charge on any atom is -0.462 e. The molecule has 0 aliphatic carbocycles. The molecule has 1 aromatic carbocycles. The second-order valence-corrected chi connectivity index (χ2v) is 6.20. The Balaban J connectivity index is 1.95. The fourth-order valence-corrected chi connectivity index (χ4v) is 3.02. The van der Waals surface area contributed by atoms with E-state index in [2.05, 4.69) is 15.6 Å². The van der Waals surface area contributed by atoms with Crippen LogP contribution < -0.4 is 10.6 Å². The van der Waals surface area contributed by atoms with Crippen LogP contribution in [-0.2, 0) is 19.1 Å². The first-order valence-electron chi connectivity index (χ1n) is 8.82. The van der Waals surface area contributed by atoms with Crippen molar-refractivity contribution in [3.63, 3.8) is 0 Å². The molecule has 0 radical (unpaired) electrons. The Kier molecular flexibility index (Phi) is 5.68. The zero-order valence-corrected chi connectivity index (χ0v) is 15.0. The fraction of sp³-hybridized carbons (Fsp3) is 0.421. The number of aliphatic imine (C=N–C) groups is 1. The number of para-hydroxylation sites is 2. The number of carbonyl (C=O) groups is 2. The van der Waals surface area contributed by atoms with Crippen LogP contribution in [-0.4, -0.2) is 37.5 Å². The average molecular weight is 357 g/mol. The molecule has 1 aromatic rings. The number of amides is 1. The quantitative estimate of drug-likeness (QED) is 0.812. The van der Waals surface area contributed by atoms with E-state index in [1.807, 2.05) is 24.3 Å². The highest BCUT2D eigenvalue weighted by Gasteiger charge is 2.29. The van der Waals surface area contributed by atoms with Gasteiger partial charge in [0.25, 0.3) is 0 Å². The monoisotopic (exact) mass is 357 g/mol. The van der Waals surface area contributed by atoms with Crippen molar-refractivity contribution in [1.29, 1.82) is 0 Å². The molecule has 2 heterocycles. The van der Waals surface area contributed by atoms with Gasteiger partial charge < -0.3 is 20.1 Å². The predicted octanol–water partition coefficient (Wildman–Crippen LogP) is 2.52. The van der Waals surface area contributed by atoms with E-state index in [0.717, 1.165) is 5.69 Å². The van der Waals surface area contributed by atoms with Crippen molar-refractivity contribution in [3.8, 4) is 0 Å². The average Bonchev–Trinajstić information content (AvgIpc) is 2.77. The van der Waals surface area contributed by atoms with E-state index >= 15 is 0 Å². The highest BCUT2D eigenvalue weighted by Crippen LogP contribution is 2.30. The smallest absolute Gasteiger partial charge is 0.343 e. The van der Waals surface area contributed by atoms with Crippen LogP contribution in [0.1, 0.15) is 26.7 Å². The van der Waals surface area contributed by atoms with Crippen LogP contribution in [0, 0.1) is 5.92 Å². The largest absolute Gasteiger partial charge is 0.462 e. The van der Waals surface area contributed by atoms with Crippen molar-refractivity contribution >= 4 is 29.1 Å². The lowest BCUT2D eigenvalue weighted by molar-refractivity contribution is -0.137. The van der Waals surface area contributed by atoms with E-state index in [1.54, 1.807) is 13.8 Å². The van der Waals surface area contributed by atoms with Crippen molar-refractivity contribution in [2.45, 2.75) is 26.7 Å². The lowest BCUT2D eigenvalue weighted by atomic mass is 9.99. The molecule has 0 bridgehead atoms. The Morgan fingerprint density at radius 1 is 1.31 bits per heavy atom. The standard InChI is InChI=1S/C19H23N3O4/c1-3-26-19(24)16-12(2)20-14-6-4-5-7-15(14)21-17(16)22-18(23)13-8-10-25-11-9-13/h4-7,13,20H,3,8-11H2,1-2H3,(H,21,22,23). The third-order valence-electron chi connectivity index (χ3n) is 4.38. The molecule has 7 heteroatoms. The molecule has 0 aromatic heterocycles. The van der Waals surface area contributed by atoms with E-state index < -0.39 is 5.97 Å². The van der Waals surface area contributed by atoms with Crippen molar-refractivity contribution in [2.75, 3.05) is 25.1 Å². The first-order valence-corrected chi connectivity index (χ1v) is 8.82. The van der Waals surface area contributed by atoms with Crippen LogP contribution >= 0.6 is 0 Å². The second-order valence-electron chi connectivity index (χ2n) is 6.20. The van der Waals surface area contributed by atoms with Crippen LogP contribution in [0.4, 0.5) is 11.4 Å². The first-order chi connectivity index (χ1) is 12.6. The van der Waals surface area contributed by atoms with Gasteiger partial charge in [0.15, 0.2) is 0 Å². The maximum Gasteiger partial charge on any atom is 0.343 e. The molecule has 0 atom stereocenters. The van der Waals surface area contributed by atoms with Gasteiger partial charge in [-0.05, 0) is 38.8 Å². The number of ether oxygens (including phenoxy) is 2. The van der Waals surface area contributed by atoms with Crippen molar-refractivity contribution in [3.05, 3.63) is 35.5 Å². The normalized spacial score (nSPS) is 17.5. The summed E-state index contributed by atoms with van der Waals surface area (Å²) < 4.78 is 10.5.